The van der Waals surface area contributed by atoms with E-state index in [1.54, 1.807) is 12.1 Å². The molecule has 1 amide bonds. The Morgan fingerprint density at radius 3 is 2.64 bits per heavy atom. The van der Waals surface area contributed by atoms with E-state index in [0.29, 0.717) is 22.9 Å². The Kier molecular flexibility index (Phi) is 8.94. The summed E-state index contributed by atoms with van der Waals surface area (Å²) in [5.74, 6) is 6.00. The van der Waals surface area contributed by atoms with Crippen LogP contribution in [-0.4, -0.2) is 32.7 Å². The minimum Gasteiger partial charge on any atom is -0.488 e. The third kappa shape index (κ3) is 7.88. The number of para-hydroxylation sites is 1. The van der Waals surface area contributed by atoms with Crippen molar-refractivity contribution in [1.29, 1.82) is 0 Å². The van der Waals surface area contributed by atoms with E-state index in [4.69, 9.17) is 22.2 Å². The van der Waals surface area contributed by atoms with Gasteiger partial charge in [0.15, 0.2) is 0 Å². The summed E-state index contributed by atoms with van der Waals surface area (Å²) in [6, 6.07) is 19.0. The van der Waals surface area contributed by atoms with Crippen LogP contribution < -0.4 is 21.3 Å². The summed E-state index contributed by atoms with van der Waals surface area (Å²) in [5.41, 5.74) is 3.50. The molecular weight excluding hydrogens is 555 g/mol. The fourth-order valence-electron chi connectivity index (χ4n) is 3.17. The molecule has 3 aromatic carbocycles. The summed E-state index contributed by atoms with van der Waals surface area (Å²) < 4.78 is 45.6. The van der Waals surface area contributed by atoms with E-state index in [1.807, 2.05) is 36.4 Å². The Hall–Kier alpha value is -4.23. The molecule has 39 heavy (non-hydrogen) atoms. The first-order chi connectivity index (χ1) is 18.7. The highest BCUT2D eigenvalue weighted by Gasteiger charge is 2.30. The van der Waals surface area contributed by atoms with Gasteiger partial charge in [-0.3, -0.25) is 4.79 Å². The van der Waals surface area contributed by atoms with Crippen molar-refractivity contribution in [2.45, 2.75) is 17.9 Å². The first kappa shape index (κ1) is 27.8. The van der Waals surface area contributed by atoms with E-state index in [1.165, 1.54) is 18.3 Å². The van der Waals surface area contributed by atoms with Gasteiger partial charge in [0.05, 0.1) is 17.5 Å². The molecule has 4 N–H and O–H groups in total. The molecule has 9 nitrogen and oxygen atoms in total. The minimum atomic E-state index is -4.51. The summed E-state index contributed by atoms with van der Waals surface area (Å²) in [6.45, 7) is 0.342. The van der Waals surface area contributed by atoms with Gasteiger partial charge in [-0.2, -0.15) is 18.3 Å². The number of carbonyl (C=O) groups excluding carboxylic acids is 1. The number of anilines is 2. The number of rotatable bonds is 10. The first-order valence-electron chi connectivity index (χ1n) is 11.2. The van der Waals surface area contributed by atoms with Gasteiger partial charge in [0.25, 0.3) is 5.95 Å². The number of hydrazone groups is 1. The SMILES string of the molecule is Nn1c(N/N=C/c2ccccc2OCc2ccc(Cl)cc2)nnc1SCC(=O)Nc1cccc(C(F)(F)F)c1. The number of nitrogens with one attached hydrogen (secondary N) is 2. The maximum absolute atomic E-state index is 12.9. The van der Waals surface area contributed by atoms with E-state index in [9.17, 15) is 18.0 Å². The van der Waals surface area contributed by atoms with Gasteiger partial charge in [-0.05, 0) is 48.0 Å². The van der Waals surface area contributed by atoms with Crippen molar-refractivity contribution in [2.24, 2.45) is 5.10 Å². The number of thioether (sulfide) groups is 1. The number of halogens is 4. The Morgan fingerprint density at radius 2 is 1.87 bits per heavy atom. The molecule has 202 valence electrons. The van der Waals surface area contributed by atoms with Crippen LogP contribution in [0.4, 0.5) is 24.8 Å². The average Bonchev–Trinajstić information content (AvgIpc) is 3.26. The van der Waals surface area contributed by atoms with Crippen LogP contribution in [0.25, 0.3) is 0 Å². The monoisotopic (exact) mass is 575 g/mol. The van der Waals surface area contributed by atoms with E-state index in [2.05, 4.69) is 26.0 Å². The molecule has 0 spiro atoms. The zero-order valence-electron chi connectivity index (χ0n) is 20.0. The van der Waals surface area contributed by atoms with Crippen molar-refractivity contribution >= 4 is 47.1 Å². The molecule has 0 atom stereocenters. The molecule has 14 heteroatoms. The molecular formula is C25H21ClF3N7O2S. The molecule has 0 aliphatic rings. The van der Waals surface area contributed by atoms with Gasteiger partial charge in [0.1, 0.15) is 12.4 Å². The van der Waals surface area contributed by atoms with E-state index < -0.39 is 17.6 Å². The summed E-state index contributed by atoms with van der Waals surface area (Å²) in [6.07, 6.45) is -2.98. The quantitative estimate of drug-likeness (QED) is 0.0999. The molecule has 0 saturated heterocycles. The number of nitrogen functional groups attached to an aromatic ring is 1. The fraction of sp³-hybridized carbons (Fsp3) is 0.120. The molecule has 1 heterocycles. The van der Waals surface area contributed by atoms with Crippen molar-refractivity contribution < 1.29 is 22.7 Å². The van der Waals surface area contributed by atoms with Crippen molar-refractivity contribution in [1.82, 2.24) is 14.9 Å². The standard InChI is InChI=1S/C25H21ClF3N7O2S/c26-19-10-8-16(9-11-19)14-38-21-7-2-1-4-17(21)13-31-33-23-34-35-24(36(23)30)39-15-22(37)32-20-6-3-5-18(12-20)25(27,28)29/h1-13H,14-15,30H2,(H,32,37)(H,33,34)/b31-13+. The highest BCUT2D eigenvalue weighted by molar-refractivity contribution is 7.99. The number of benzene rings is 3. The average molecular weight is 576 g/mol. The highest BCUT2D eigenvalue weighted by Crippen LogP contribution is 2.30. The fourth-order valence-corrected chi connectivity index (χ4v) is 3.95. The summed E-state index contributed by atoms with van der Waals surface area (Å²) in [7, 11) is 0. The predicted molar refractivity (Wildman–Crippen MR) is 144 cm³/mol. The Labute approximate surface area is 230 Å². The predicted octanol–water partition coefficient (Wildman–Crippen LogP) is 5.42. The van der Waals surface area contributed by atoms with Crippen LogP contribution in [0.1, 0.15) is 16.7 Å². The number of aromatic nitrogens is 3. The van der Waals surface area contributed by atoms with E-state index in [-0.39, 0.29) is 22.5 Å². The third-order valence-electron chi connectivity index (χ3n) is 5.07. The highest BCUT2D eigenvalue weighted by atomic mass is 35.5. The molecule has 0 aliphatic carbocycles. The van der Waals surface area contributed by atoms with Gasteiger partial charge >= 0.3 is 6.18 Å². The van der Waals surface area contributed by atoms with Crippen LogP contribution >= 0.6 is 23.4 Å². The number of nitrogens with two attached hydrogens (primary N) is 1. The number of hydrogen-bond acceptors (Lipinski definition) is 8. The smallest absolute Gasteiger partial charge is 0.416 e. The lowest BCUT2D eigenvalue weighted by Gasteiger charge is -2.09. The zero-order chi connectivity index (χ0) is 27.8. The molecule has 4 rings (SSSR count). The Bertz CT molecular complexity index is 1460. The number of amides is 1. The number of hydrogen-bond donors (Lipinski definition) is 3. The van der Waals surface area contributed by atoms with Gasteiger partial charge in [0, 0.05) is 16.3 Å². The molecule has 0 fully saturated rings. The van der Waals surface area contributed by atoms with Crippen molar-refractivity contribution in [3.8, 4) is 5.75 Å². The van der Waals surface area contributed by atoms with Gasteiger partial charge in [0.2, 0.25) is 11.1 Å². The minimum absolute atomic E-state index is 0.0266. The van der Waals surface area contributed by atoms with Crippen molar-refractivity contribution in [2.75, 3.05) is 22.3 Å². The second-order valence-corrected chi connectivity index (χ2v) is 9.29. The number of alkyl halides is 3. The second-order valence-electron chi connectivity index (χ2n) is 7.91. The molecule has 0 aliphatic heterocycles. The van der Waals surface area contributed by atoms with Crippen LogP contribution in [0.2, 0.25) is 5.02 Å². The van der Waals surface area contributed by atoms with Gasteiger partial charge in [-0.15, -0.1) is 10.2 Å². The first-order valence-corrected chi connectivity index (χ1v) is 12.6. The van der Waals surface area contributed by atoms with Crippen LogP contribution in [0.3, 0.4) is 0 Å². The topological polar surface area (TPSA) is 119 Å². The summed E-state index contributed by atoms with van der Waals surface area (Å²) in [4.78, 5) is 12.2. The van der Waals surface area contributed by atoms with Crippen molar-refractivity contribution in [3.63, 3.8) is 0 Å². The van der Waals surface area contributed by atoms with E-state index >= 15 is 0 Å². The van der Waals surface area contributed by atoms with Crippen LogP contribution in [0.15, 0.2) is 83.1 Å². The lowest BCUT2D eigenvalue weighted by atomic mass is 10.2. The van der Waals surface area contributed by atoms with Gasteiger partial charge in [-0.25, -0.2) is 10.1 Å². The maximum atomic E-state index is 12.9. The Morgan fingerprint density at radius 1 is 1.10 bits per heavy atom. The molecule has 0 bridgehead atoms. The molecule has 0 saturated carbocycles. The van der Waals surface area contributed by atoms with Crippen LogP contribution in [0, 0.1) is 0 Å². The molecule has 0 radical (unpaired) electrons. The summed E-state index contributed by atoms with van der Waals surface area (Å²) >= 11 is 6.87. The molecule has 1 aromatic heterocycles. The van der Waals surface area contributed by atoms with Gasteiger partial charge in [-0.1, -0.05) is 53.7 Å². The summed E-state index contributed by atoms with van der Waals surface area (Å²) in [5, 5.41) is 15.2. The lowest BCUT2D eigenvalue weighted by molar-refractivity contribution is -0.137. The largest absolute Gasteiger partial charge is 0.488 e. The van der Waals surface area contributed by atoms with Crippen molar-refractivity contribution in [3.05, 3.63) is 94.5 Å². The molecule has 4 aromatic rings. The third-order valence-corrected chi connectivity index (χ3v) is 6.26. The van der Waals surface area contributed by atoms with E-state index in [0.717, 1.165) is 34.1 Å². The zero-order valence-corrected chi connectivity index (χ0v) is 21.6. The lowest BCUT2D eigenvalue weighted by Crippen LogP contribution is -2.17. The number of nitrogens with zero attached hydrogens (tertiary/aromatic N) is 4. The van der Waals surface area contributed by atoms with Crippen LogP contribution in [-0.2, 0) is 17.6 Å². The number of carbonyl (C=O) groups is 1. The Balaban J connectivity index is 1.31. The van der Waals surface area contributed by atoms with Crippen LogP contribution in [0.5, 0.6) is 5.75 Å². The molecule has 0 unspecified atom stereocenters. The number of ether oxygens (including phenoxy) is 1. The normalized spacial score (nSPS) is 11.5. The maximum Gasteiger partial charge on any atom is 0.416 e. The second kappa shape index (κ2) is 12.5. The van der Waals surface area contributed by atoms with Gasteiger partial charge < -0.3 is 15.9 Å².